The highest BCUT2D eigenvalue weighted by Gasteiger charge is 2.02. The summed E-state index contributed by atoms with van der Waals surface area (Å²) in [4.78, 5) is 6.38. The molecule has 18 heavy (non-hydrogen) atoms. The molecule has 0 aliphatic heterocycles. The highest BCUT2D eigenvalue weighted by atomic mass is 16.5. The molecule has 0 amide bonds. The molecular weight excluding hydrogens is 224 g/mol. The molecule has 0 atom stereocenters. The smallest absolute Gasteiger partial charge is 0.119 e. The average Bonchev–Trinajstić information content (AvgIpc) is 2.40. The van der Waals surface area contributed by atoms with Crippen LogP contribution in [0.15, 0.2) is 48.8 Å². The van der Waals surface area contributed by atoms with Gasteiger partial charge in [0.1, 0.15) is 5.75 Å². The number of hydrogen-bond donors (Lipinski definition) is 0. The fraction of sp³-hybridized carbons (Fsp3) is 0.267. The molecule has 2 rings (SSSR count). The maximum Gasteiger partial charge on any atom is 0.119 e. The topological polar surface area (TPSA) is 25.4 Å². The van der Waals surface area contributed by atoms with E-state index in [1.54, 1.807) is 13.3 Å². The molecule has 0 aliphatic carbocycles. The predicted octanol–water partition coefficient (Wildman–Crippen LogP) is 2.72. The van der Waals surface area contributed by atoms with Gasteiger partial charge in [-0.1, -0.05) is 18.2 Å². The van der Waals surface area contributed by atoms with Gasteiger partial charge in [0.25, 0.3) is 0 Å². The number of benzene rings is 1. The SMILES string of the molecule is COc1cccc(CN(C)Cc2cccnc2)c1. The van der Waals surface area contributed by atoms with Gasteiger partial charge < -0.3 is 4.74 Å². The van der Waals surface area contributed by atoms with E-state index >= 15 is 0 Å². The Morgan fingerprint density at radius 2 is 1.89 bits per heavy atom. The Morgan fingerprint density at radius 1 is 1.11 bits per heavy atom. The Kier molecular flexibility index (Phi) is 4.31. The Balaban J connectivity index is 1.96. The number of methoxy groups -OCH3 is 1. The first-order valence-corrected chi connectivity index (χ1v) is 5.98. The predicted molar refractivity (Wildman–Crippen MR) is 72.4 cm³/mol. The van der Waals surface area contributed by atoms with E-state index in [0.29, 0.717) is 0 Å². The highest BCUT2D eigenvalue weighted by Crippen LogP contribution is 2.14. The average molecular weight is 242 g/mol. The molecule has 1 heterocycles. The van der Waals surface area contributed by atoms with Crippen LogP contribution in [0.3, 0.4) is 0 Å². The Hall–Kier alpha value is -1.87. The van der Waals surface area contributed by atoms with Gasteiger partial charge in [0.05, 0.1) is 7.11 Å². The van der Waals surface area contributed by atoms with Gasteiger partial charge in [0, 0.05) is 25.5 Å². The van der Waals surface area contributed by atoms with Crippen molar-refractivity contribution in [3.05, 3.63) is 59.9 Å². The lowest BCUT2D eigenvalue weighted by atomic mass is 10.2. The largest absolute Gasteiger partial charge is 0.497 e. The van der Waals surface area contributed by atoms with Crippen LogP contribution in [-0.2, 0) is 13.1 Å². The first kappa shape index (κ1) is 12.6. The van der Waals surface area contributed by atoms with Crippen LogP contribution in [0.2, 0.25) is 0 Å². The van der Waals surface area contributed by atoms with Gasteiger partial charge >= 0.3 is 0 Å². The van der Waals surface area contributed by atoms with E-state index in [2.05, 4.69) is 35.1 Å². The molecule has 94 valence electrons. The standard InChI is InChI=1S/C15H18N2O/c1-17(12-14-6-4-8-16-10-14)11-13-5-3-7-15(9-13)18-2/h3-10H,11-12H2,1-2H3. The first-order valence-electron chi connectivity index (χ1n) is 5.98. The van der Waals surface area contributed by atoms with Gasteiger partial charge in [-0.2, -0.15) is 0 Å². The van der Waals surface area contributed by atoms with Crippen molar-refractivity contribution in [2.75, 3.05) is 14.2 Å². The van der Waals surface area contributed by atoms with Gasteiger partial charge in [-0.25, -0.2) is 0 Å². The number of ether oxygens (including phenoxy) is 1. The molecular formula is C15H18N2O. The van der Waals surface area contributed by atoms with Gasteiger partial charge in [0.15, 0.2) is 0 Å². The van der Waals surface area contributed by atoms with Crippen LogP contribution in [0, 0.1) is 0 Å². The number of hydrogen-bond acceptors (Lipinski definition) is 3. The van der Waals surface area contributed by atoms with Crippen molar-refractivity contribution in [3.8, 4) is 5.75 Å². The minimum atomic E-state index is 0.894. The molecule has 3 heteroatoms. The van der Waals surface area contributed by atoms with Crippen molar-refractivity contribution >= 4 is 0 Å². The molecule has 0 bridgehead atoms. The van der Waals surface area contributed by atoms with Crippen LogP contribution in [0.1, 0.15) is 11.1 Å². The third-order valence-electron chi connectivity index (χ3n) is 2.76. The first-order chi connectivity index (χ1) is 8.78. The summed E-state index contributed by atoms with van der Waals surface area (Å²) in [5.41, 5.74) is 2.48. The van der Waals surface area contributed by atoms with Crippen molar-refractivity contribution in [2.45, 2.75) is 13.1 Å². The van der Waals surface area contributed by atoms with Crippen LogP contribution < -0.4 is 4.74 Å². The molecule has 3 nitrogen and oxygen atoms in total. The maximum atomic E-state index is 5.23. The summed E-state index contributed by atoms with van der Waals surface area (Å²) in [7, 11) is 3.80. The molecule has 0 saturated heterocycles. The second-order valence-corrected chi connectivity index (χ2v) is 4.39. The van der Waals surface area contributed by atoms with Gasteiger partial charge in [-0.3, -0.25) is 9.88 Å². The summed E-state index contributed by atoms with van der Waals surface area (Å²) in [6, 6.07) is 12.2. The van der Waals surface area contributed by atoms with Crippen LogP contribution >= 0.6 is 0 Å². The minimum Gasteiger partial charge on any atom is -0.497 e. The summed E-state index contributed by atoms with van der Waals surface area (Å²) in [6.45, 7) is 1.79. The van der Waals surface area contributed by atoms with Crippen LogP contribution in [0.25, 0.3) is 0 Å². The second kappa shape index (κ2) is 6.17. The Morgan fingerprint density at radius 3 is 2.61 bits per heavy atom. The van der Waals surface area contributed by atoms with E-state index in [0.717, 1.165) is 18.8 Å². The van der Waals surface area contributed by atoms with Gasteiger partial charge in [0.2, 0.25) is 0 Å². The van der Waals surface area contributed by atoms with E-state index < -0.39 is 0 Å². The molecule has 0 spiro atoms. The molecule has 0 saturated carbocycles. The molecule has 1 aromatic carbocycles. The molecule has 0 fully saturated rings. The van der Waals surface area contributed by atoms with Crippen LogP contribution in [0.5, 0.6) is 5.75 Å². The fourth-order valence-electron chi connectivity index (χ4n) is 1.94. The molecule has 0 aliphatic rings. The third kappa shape index (κ3) is 3.57. The lowest BCUT2D eigenvalue weighted by Crippen LogP contribution is -2.17. The maximum absolute atomic E-state index is 5.23. The zero-order chi connectivity index (χ0) is 12.8. The fourth-order valence-corrected chi connectivity index (χ4v) is 1.94. The van der Waals surface area contributed by atoms with Crippen molar-refractivity contribution in [1.29, 1.82) is 0 Å². The quantitative estimate of drug-likeness (QED) is 0.806. The van der Waals surface area contributed by atoms with Crippen molar-refractivity contribution < 1.29 is 4.74 Å². The third-order valence-corrected chi connectivity index (χ3v) is 2.76. The van der Waals surface area contributed by atoms with E-state index in [9.17, 15) is 0 Å². The van der Waals surface area contributed by atoms with Crippen molar-refractivity contribution in [3.63, 3.8) is 0 Å². The Bertz CT molecular complexity index is 485. The van der Waals surface area contributed by atoms with E-state index in [-0.39, 0.29) is 0 Å². The zero-order valence-corrected chi connectivity index (χ0v) is 10.8. The molecule has 0 radical (unpaired) electrons. The van der Waals surface area contributed by atoms with E-state index in [4.69, 9.17) is 4.74 Å². The number of pyridine rings is 1. The normalized spacial score (nSPS) is 10.6. The second-order valence-electron chi connectivity index (χ2n) is 4.39. The summed E-state index contributed by atoms with van der Waals surface area (Å²) in [5, 5.41) is 0. The lowest BCUT2D eigenvalue weighted by Gasteiger charge is -2.16. The summed E-state index contributed by atoms with van der Waals surface area (Å²) < 4.78 is 5.23. The van der Waals surface area contributed by atoms with Gasteiger partial charge in [-0.05, 0) is 36.4 Å². The minimum absolute atomic E-state index is 0.894. The number of nitrogens with zero attached hydrogens (tertiary/aromatic N) is 2. The summed E-state index contributed by atoms with van der Waals surface area (Å²) in [5.74, 6) is 0.905. The summed E-state index contributed by atoms with van der Waals surface area (Å²) >= 11 is 0. The Labute approximate surface area is 108 Å². The van der Waals surface area contributed by atoms with E-state index in [1.807, 2.05) is 24.4 Å². The number of aromatic nitrogens is 1. The summed E-state index contributed by atoms with van der Waals surface area (Å²) in [6.07, 6.45) is 3.70. The molecule has 1 aromatic heterocycles. The van der Waals surface area contributed by atoms with Crippen molar-refractivity contribution in [1.82, 2.24) is 9.88 Å². The molecule has 0 unspecified atom stereocenters. The number of rotatable bonds is 5. The molecule has 2 aromatic rings. The monoisotopic (exact) mass is 242 g/mol. The zero-order valence-electron chi connectivity index (χ0n) is 10.8. The van der Waals surface area contributed by atoms with Crippen molar-refractivity contribution in [2.24, 2.45) is 0 Å². The highest BCUT2D eigenvalue weighted by molar-refractivity contribution is 5.28. The van der Waals surface area contributed by atoms with E-state index in [1.165, 1.54) is 11.1 Å². The van der Waals surface area contributed by atoms with Crippen LogP contribution in [-0.4, -0.2) is 24.0 Å². The lowest BCUT2D eigenvalue weighted by molar-refractivity contribution is 0.318. The molecule has 0 N–H and O–H groups in total. The van der Waals surface area contributed by atoms with Gasteiger partial charge in [-0.15, -0.1) is 0 Å². The van der Waals surface area contributed by atoms with Crippen LogP contribution in [0.4, 0.5) is 0 Å².